The van der Waals surface area contributed by atoms with E-state index in [0.717, 1.165) is 23.4 Å². The van der Waals surface area contributed by atoms with Crippen molar-refractivity contribution in [2.24, 2.45) is 0 Å². The van der Waals surface area contributed by atoms with E-state index >= 15 is 0 Å². The third kappa shape index (κ3) is 4.49. The maximum absolute atomic E-state index is 12.4. The zero-order valence-corrected chi connectivity index (χ0v) is 16.2. The van der Waals surface area contributed by atoms with Gasteiger partial charge in [0.25, 0.3) is 5.91 Å². The summed E-state index contributed by atoms with van der Waals surface area (Å²) in [5, 5.41) is 10.1. The monoisotopic (exact) mass is 374 g/mol. The quantitative estimate of drug-likeness (QED) is 0.688. The Morgan fingerprint density at radius 2 is 1.71 bits per heavy atom. The van der Waals surface area contributed by atoms with Gasteiger partial charge in [0.1, 0.15) is 5.69 Å². The molecule has 1 aromatic heterocycles. The van der Waals surface area contributed by atoms with Gasteiger partial charge in [-0.05, 0) is 50.0 Å². The van der Waals surface area contributed by atoms with Gasteiger partial charge >= 0.3 is 0 Å². The maximum Gasteiger partial charge on any atom is 0.269 e. The van der Waals surface area contributed by atoms with Crippen molar-refractivity contribution in [1.82, 2.24) is 20.4 Å². The fraction of sp³-hybridized carbons (Fsp3) is 0.304. The molecule has 4 rings (SSSR count). The molecule has 1 saturated heterocycles. The molecule has 0 radical (unpaired) electrons. The number of hydrogen-bond acceptors (Lipinski definition) is 3. The second-order valence-electron chi connectivity index (χ2n) is 7.52. The number of rotatable bonds is 6. The van der Waals surface area contributed by atoms with E-state index < -0.39 is 0 Å². The van der Waals surface area contributed by atoms with Gasteiger partial charge in [-0.3, -0.25) is 14.8 Å². The highest BCUT2D eigenvalue weighted by atomic mass is 16.1. The molecule has 0 spiro atoms. The van der Waals surface area contributed by atoms with Crippen molar-refractivity contribution in [3.8, 4) is 11.3 Å². The summed E-state index contributed by atoms with van der Waals surface area (Å²) in [5.41, 5.74) is 5.86. The first-order valence-electron chi connectivity index (χ1n) is 9.88. The summed E-state index contributed by atoms with van der Waals surface area (Å²) >= 11 is 0. The molecule has 1 fully saturated rings. The van der Waals surface area contributed by atoms with Crippen LogP contribution in [0.4, 0.5) is 0 Å². The highest BCUT2D eigenvalue weighted by Gasteiger charge is 2.12. The second kappa shape index (κ2) is 8.40. The van der Waals surface area contributed by atoms with Crippen LogP contribution in [0.2, 0.25) is 0 Å². The van der Waals surface area contributed by atoms with Gasteiger partial charge in [0.05, 0.1) is 5.69 Å². The highest BCUT2D eigenvalue weighted by molar-refractivity contribution is 5.93. The van der Waals surface area contributed by atoms with E-state index in [1.165, 1.54) is 37.1 Å². The number of H-pyrrole nitrogens is 1. The van der Waals surface area contributed by atoms with Crippen LogP contribution >= 0.6 is 0 Å². The zero-order valence-electron chi connectivity index (χ0n) is 16.2. The van der Waals surface area contributed by atoms with Gasteiger partial charge in [-0.25, -0.2) is 0 Å². The van der Waals surface area contributed by atoms with E-state index in [1.54, 1.807) is 6.07 Å². The Labute approximate surface area is 165 Å². The number of nitrogens with zero attached hydrogens (tertiary/aromatic N) is 2. The van der Waals surface area contributed by atoms with Crippen LogP contribution in [0.5, 0.6) is 0 Å². The Bertz CT molecular complexity index is 922. The molecule has 144 valence electrons. The van der Waals surface area contributed by atoms with Crippen LogP contribution in [0.1, 0.15) is 40.0 Å². The van der Waals surface area contributed by atoms with Gasteiger partial charge in [0.2, 0.25) is 0 Å². The van der Waals surface area contributed by atoms with Crippen LogP contribution in [0.15, 0.2) is 54.6 Å². The molecule has 2 aromatic carbocycles. The topological polar surface area (TPSA) is 61.0 Å². The van der Waals surface area contributed by atoms with Crippen molar-refractivity contribution in [1.29, 1.82) is 0 Å². The molecule has 0 saturated carbocycles. The predicted octanol–water partition coefficient (Wildman–Crippen LogP) is 3.91. The lowest BCUT2D eigenvalue weighted by atomic mass is 10.1. The molecule has 0 unspecified atom stereocenters. The fourth-order valence-corrected chi connectivity index (χ4v) is 3.55. The molecule has 28 heavy (non-hydrogen) atoms. The summed E-state index contributed by atoms with van der Waals surface area (Å²) in [7, 11) is 0. The molecule has 0 bridgehead atoms. The van der Waals surface area contributed by atoms with Gasteiger partial charge < -0.3 is 5.32 Å². The minimum Gasteiger partial charge on any atom is -0.347 e. The molecule has 5 nitrogen and oxygen atoms in total. The zero-order chi connectivity index (χ0) is 19.3. The Balaban J connectivity index is 1.32. The lowest BCUT2D eigenvalue weighted by molar-refractivity contribution is 0.0946. The number of aromatic nitrogens is 2. The first kappa shape index (κ1) is 18.4. The Morgan fingerprint density at radius 1 is 1.04 bits per heavy atom. The van der Waals surface area contributed by atoms with Crippen LogP contribution in [-0.2, 0) is 13.1 Å². The van der Waals surface area contributed by atoms with Crippen molar-refractivity contribution in [2.75, 3.05) is 13.1 Å². The molecule has 0 aliphatic carbocycles. The molecular formula is C23H26N4O. The predicted molar refractivity (Wildman–Crippen MR) is 111 cm³/mol. The summed E-state index contributed by atoms with van der Waals surface area (Å²) in [5.74, 6) is -0.146. The van der Waals surface area contributed by atoms with Gasteiger partial charge in [-0.15, -0.1) is 0 Å². The van der Waals surface area contributed by atoms with Gasteiger partial charge in [-0.1, -0.05) is 54.1 Å². The Morgan fingerprint density at radius 3 is 2.43 bits per heavy atom. The molecule has 5 heteroatoms. The summed E-state index contributed by atoms with van der Waals surface area (Å²) in [6, 6.07) is 18.4. The third-order valence-corrected chi connectivity index (χ3v) is 5.25. The Kier molecular flexibility index (Phi) is 5.53. The Hall–Kier alpha value is -2.92. The lowest BCUT2D eigenvalue weighted by Gasteiger charge is -2.14. The van der Waals surface area contributed by atoms with Crippen LogP contribution in [-0.4, -0.2) is 34.1 Å². The van der Waals surface area contributed by atoms with Crippen molar-refractivity contribution in [2.45, 2.75) is 32.9 Å². The summed E-state index contributed by atoms with van der Waals surface area (Å²) in [6.45, 7) is 5.97. The van der Waals surface area contributed by atoms with Crippen LogP contribution in [0.3, 0.4) is 0 Å². The van der Waals surface area contributed by atoms with Crippen LogP contribution in [0.25, 0.3) is 11.3 Å². The number of amides is 1. The number of aromatic amines is 1. The maximum atomic E-state index is 12.4. The average Bonchev–Trinajstić information content (AvgIpc) is 3.40. The van der Waals surface area contributed by atoms with E-state index in [2.05, 4.69) is 44.7 Å². The fourth-order valence-electron chi connectivity index (χ4n) is 3.55. The molecule has 2 N–H and O–H groups in total. The molecule has 2 heterocycles. The standard InChI is InChI=1S/C23H26N4O/c1-17-4-10-20(11-5-17)21-14-22(26-25-21)23(28)24-15-18-6-8-19(9-7-18)16-27-12-2-3-13-27/h4-11,14H,2-3,12-13,15-16H2,1H3,(H,24,28)(H,25,26). The minimum atomic E-state index is -0.146. The van der Waals surface area contributed by atoms with Gasteiger partial charge in [0, 0.05) is 18.7 Å². The number of benzene rings is 2. The van der Waals surface area contributed by atoms with E-state index in [1.807, 2.05) is 31.2 Å². The number of likely N-dealkylation sites (tertiary alicyclic amines) is 1. The number of carbonyl (C=O) groups is 1. The number of aryl methyl sites for hydroxylation is 1. The lowest BCUT2D eigenvalue weighted by Crippen LogP contribution is -2.23. The SMILES string of the molecule is Cc1ccc(-c2cc(C(=O)NCc3ccc(CN4CCCC4)cc3)[nH]n2)cc1. The largest absolute Gasteiger partial charge is 0.347 e. The summed E-state index contributed by atoms with van der Waals surface area (Å²) in [6.07, 6.45) is 2.62. The second-order valence-corrected chi connectivity index (χ2v) is 7.52. The van der Waals surface area contributed by atoms with Gasteiger partial charge in [0.15, 0.2) is 0 Å². The summed E-state index contributed by atoms with van der Waals surface area (Å²) in [4.78, 5) is 14.9. The van der Waals surface area contributed by atoms with E-state index in [4.69, 9.17) is 0 Å². The van der Waals surface area contributed by atoms with Crippen molar-refractivity contribution in [3.63, 3.8) is 0 Å². The van der Waals surface area contributed by atoms with E-state index in [0.29, 0.717) is 12.2 Å². The van der Waals surface area contributed by atoms with Gasteiger partial charge in [-0.2, -0.15) is 5.10 Å². The molecule has 0 atom stereocenters. The third-order valence-electron chi connectivity index (χ3n) is 5.25. The van der Waals surface area contributed by atoms with Crippen molar-refractivity contribution >= 4 is 5.91 Å². The average molecular weight is 374 g/mol. The molecular weight excluding hydrogens is 348 g/mol. The van der Waals surface area contributed by atoms with Crippen LogP contribution in [0, 0.1) is 6.92 Å². The molecule has 3 aromatic rings. The first-order chi connectivity index (χ1) is 13.7. The molecule has 1 aliphatic rings. The van der Waals surface area contributed by atoms with Crippen molar-refractivity contribution in [3.05, 3.63) is 77.0 Å². The smallest absolute Gasteiger partial charge is 0.269 e. The minimum absolute atomic E-state index is 0.146. The molecule has 1 amide bonds. The first-order valence-corrected chi connectivity index (χ1v) is 9.88. The van der Waals surface area contributed by atoms with E-state index in [9.17, 15) is 4.79 Å². The summed E-state index contributed by atoms with van der Waals surface area (Å²) < 4.78 is 0. The normalized spacial score (nSPS) is 14.3. The molecule has 1 aliphatic heterocycles. The number of carbonyl (C=O) groups excluding carboxylic acids is 1. The number of hydrogen-bond donors (Lipinski definition) is 2. The van der Waals surface area contributed by atoms with Crippen molar-refractivity contribution < 1.29 is 4.79 Å². The van der Waals surface area contributed by atoms with E-state index in [-0.39, 0.29) is 5.91 Å². The number of nitrogens with one attached hydrogen (secondary N) is 2. The highest BCUT2D eigenvalue weighted by Crippen LogP contribution is 2.18. The van der Waals surface area contributed by atoms with Crippen LogP contribution < -0.4 is 5.32 Å².